The van der Waals surface area contributed by atoms with Gasteiger partial charge in [0.2, 0.25) is 0 Å². The van der Waals surface area contributed by atoms with E-state index in [1.54, 1.807) is 6.08 Å². The van der Waals surface area contributed by atoms with E-state index in [4.69, 9.17) is 0 Å². The number of aromatic nitrogens is 2. The topological polar surface area (TPSA) is 47.4 Å². The number of hydrogen-bond acceptors (Lipinski definition) is 4. The summed E-state index contributed by atoms with van der Waals surface area (Å²) in [6, 6.07) is 8.94. The minimum Gasteiger partial charge on any atom is -0.466 e. The van der Waals surface area contributed by atoms with Crippen molar-refractivity contribution in [3.05, 3.63) is 58.4 Å². The molecular formula is C22H29N3O2. The summed E-state index contributed by atoms with van der Waals surface area (Å²) in [6.07, 6.45) is 5.65. The molecule has 0 bridgehead atoms. The number of carbonyl (C=O) groups is 1. The van der Waals surface area contributed by atoms with Crippen LogP contribution < -0.4 is 0 Å². The van der Waals surface area contributed by atoms with Crippen molar-refractivity contribution in [2.45, 2.75) is 46.2 Å². The van der Waals surface area contributed by atoms with Gasteiger partial charge in [0.05, 0.1) is 19.3 Å². The fraction of sp³-hybridized carbons (Fsp3) is 0.455. The van der Waals surface area contributed by atoms with Gasteiger partial charge in [-0.1, -0.05) is 24.3 Å². The minimum atomic E-state index is -0.333. The molecule has 0 aliphatic carbocycles. The van der Waals surface area contributed by atoms with Crippen LogP contribution in [0.1, 0.15) is 47.0 Å². The highest BCUT2D eigenvalue weighted by Crippen LogP contribution is 2.32. The van der Waals surface area contributed by atoms with Gasteiger partial charge >= 0.3 is 5.97 Å². The fourth-order valence-electron chi connectivity index (χ4n) is 3.76. The van der Waals surface area contributed by atoms with Gasteiger partial charge in [-0.3, -0.25) is 9.58 Å². The molecule has 0 N–H and O–H groups in total. The molecule has 2 aromatic rings. The summed E-state index contributed by atoms with van der Waals surface area (Å²) in [4.78, 5) is 13.8. The molecule has 0 radical (unpaired) electrons. The van der Waals surface area contributed by atoms with Gasteiger partial charge in [0.15, 0.2) is 0 Å². The molecule has 1 unspecified atom stereocenters. The third-order valence-corrected chi connectivity index (χ3v) is 5.64. The Kier molecular flexibility index (Phi) is 6.11. The molecule has 2 heterocycles. The van der Waals surface area contributed by atoms with Crippen molar-refractivity contribution >= 4 is 12.0 Å². The Morgan fingerprint density at radius 1 is 1.22 bits per heavy atom. The molecule has 0 amide bonds. The molecule has 27 heavy (non-hydrogen) atoms. The molecule has 0 spiro atoms. The van der Waals surface area contributed by atoms with Crippen molar-refractivity contribution in [3.8, 4) is 0 Å². The highest BCUT2D eigenvalue weighted by molar-refractivity contribution is 5.86. The largest absolute Gasteiger partial charge is 0.466 e. The van der Waals surface area contributed by atoms with Gasteiger partial charge in [0, 0.05) is 24.4 Å². The summed E-state index contributed by atoms with van der Waals surface area (Å²) in [7, 11) is 1.39. The van der Waals surface area contributed by atoms with Crippen LogP contribution in [0.2, 0.25) is 0 Å². The molecule has 1 aliphatic rings. The first-order valence-electron chi connectivity index (χ1n) is 9.60. The van der Waals surface area contributed by atoms with E-state index in [0.717, 1.165) is 30.9 Å². The zero-order valence-corrected chi connectivity index (χ0v) is 16.7. The number of rotatable bonds is 6. The summed E-state index contributed by atoms with van der Waals surface area (Å²) < 4.78 is 6.77. The van der Waals surface area contributed by atoms with Crippen LogP contribution in [0.4, 0.5) is 0 Å². The van der Waals surface area contributed by atoms with E-state index in [0.29, 0.717) is 6.04 Å². The lowest BCUT2D eigenvalue weighted by atomic mass is 10.0. The van der Waals surface area contributed by atoms with Crippen molar-refractivity contribution in [2.24, 2.45) is 0 Å². The average molecular weight is 367 g/mol. The minimum absolute atomic E-state index is 0.333. The molecule has 3 rings (SSSR count). The highest BCUT2D eigenvalue weighted by atomic mass is 16.5. The van der Waals surface area contributed by atoms with Gasteiger partial charge in [0.1, 0.15) is 0 Å². The second-order valence-corrected chi connectivity index (χ2v) is 7.24. The Morgan fingerprint density at radius 2 is 1.96 bits per heavy atom. The Bertz CT molecular complexity index is 821. The van der Waals surface area contributed by atoms with Crippen LogP contribution in [0.3, 0.4) is 0 Å². The second kappa shape index (κ2) is 8.53. The molecule has 5 heteroatoms. The van der Waals surface area contributed by atoms with E-state index in [-0.39, 0.29) is 5.97 Å². The van der Waals surface area contributed by atoms with Crippen LogP contribution in [-0.2, 0) is 16.1 Å². The lowest BCUT2D eigenvalue weighted by molar-refractivity contribution is -0.134. The van der Waals surface area contributed by atoms with Crippen molar-refractivity contribution in [1.29, 1.82) is 0 Å². The number of nitrogens with zero attached hydrogens (tertiary/aromatic N) is 3. The quantitative estimate of drug-likeness (QED) is 0.575. The standard InChI is InChI=1S/C22H29N3O2/c1-16-17(2)23-25(18(16)3)15-14-24-13-5-6-21(24)20-10-7-19(8-11-20)9-12-22(26)27-4/h7-12,21H,5-6,13-15H2,1-4H3/b12-9+. The first kappa shape index (κ1) is 19.4. The van der Waals surface area contributed by atoms with E-state index in [1.807, 2.05) is 0 Å². The monoisotopic (exact) mass is 367 g/mol. The van der Waals surface area contributed by atoms with Crippen LogP contribution in [0.25, 0.3) is 6.08 Å². The van der Waals surface area contributed by atoms with E-state index in [9.17, 15) is 4.79 Å². The number of carbonyl (C=O) groups excluding carboxylic acids is 1. The molecule has 1 fully saturated rings. The lowest BCUT2D eigenvalue weighted by Crippen LogP contribution is -2.27. The Morgan fingerprint density at radius 3 is 2.59 bits per heavy atom. The second-order valence-electron chi connectivity index (χ2n) is 7.24. The average Bonchev–Trinajstić information content (AvgIpc) is 3.25. The Balaban J connectivity index is 1.64. The number of benzene rings is 1. The van der Waals surface area contributed by atoms with Gasteiger partial charge in [-0.2, -0.15) is 5.10 Å². The first-order valence-corrected chi connectivity index (χ1v) is 9.60. The molecule has 1 aromatic carbocycles. The summed E-state index contributed by atoms with van der Waals surface area (Å²) in [5, 5.41) is 4.67. The normalized spacial score (nSPS) is 17.7. The summed E-state index contributed by atoms with van der Waals surface area (Å²) in [5.41, 5.74) is 6.04. The molecule has 1 atom stereocenters. The third-order valence-electron chi connectivity index (χ3n) is 5.64. The SMILES string of the molecule is COC(=O)/C=C/c1ccc(C2CCCN2CCn2nc(C)c(C)c2C)cc1. The highest BCUT2D eigenvalue weighted by Gasteiger charge is 2.25. The lowest BCUT2D eigenvalue weighted by Gasteiger charge is -2.25. The number of aryl methyl sites for hydroxylation is 1. The Labute approximate surface area is 161 Å². The Hall–Kier alpha value is -2.40. The zero-order chi connectivity index (χ0) is 19.4. The summed E-state index contributed by atoms with van der Waals surface area (Å²) in [5.74, 6) is -0.333. The summed E-state index contributed by atoms with van der Waals surface area (Å²) in [6.45, 7) is 9.44. The number of esters is 1. The van der Waals surface area contributed by atoms with Crippen LogP contribution in [0.5, 0.6) is 0 Å². The van der Waals surface area contributed by atoms with Crippen molar-refractivity contribution in [3.63, 3.8) is 0 Å². The van der Waals surface area contributed by atoms with Crippen LogP contribution in [0.15, 0.2) is 30.3 Å². The first-order chi connectivity index (χ1) is 13.0. The molecule has 0 saturated carbocycles. The van der Waals surface area contributed by atoms with E-state index in [1.165, 1.54) is 42.8 Å². The van der Waals surface area contributed by atoms with Crippen LogP contribution in [0, 0.1) is 20.8 Å². The predicted molar refractivity (Wildman–Crippen MR) is 107 cm³/mol. The van der Waals surface area contributed by atoms with Crippen LogP contribution in [-0.4, -0.2) is 40.8 Å². The maximum Gasteiger partial charge on any atom is 0.330 e. The summed E-state index contributed by atoms with van der Waals surface area (Å²) >= 11 is 0. The molecule has 144 valence electrons. The maximum absolute atomic E-state index is 11.2. The third kappa shape index (κ3) is 4.48. The van der Waals surface area contributed by atoms with Gasteiger partial charge in [-0.25, -0.2) is 4.79 Å². The van der Waals surface area contributed by atoms with E-state index >= 15 is 0 Å². The zero-order valence-electron chi connectivity index (χ0n) is 16.7. The van der Waals surface area contributed by atoms with E-state index in [2.05, 4.69) is 64.5 Å². The fourth-order valence-corrected chi connectivity index (χ4v) is 3.76. The van der Waals surface area contributed by atoms with Crippen molar-refractivity contribution in [2.75, 3.05) is 20.2 Å². The van der Waals surface area contributed by atoms with Gasteiger partial charge in [-0.15, -0.1) is 0 Å². The maximum atomic E-state index is 11.2. The van der Waals surface area contributed by atoms with Gasteiger partial charge < -0.3 is 4.74 Å². The number of likely N-dealkylation sites (tertiary alicyclic amines) is 1. The number of hydrogen-bond donors (Lipinski definition) is 0. The molecular weight excluding hydrogens is 338 g/mol. The van der Waals surface area contributed by atoms with Gasteiger partial charge in [-0.05, 0) is 62.9 Å². The van der Waals surface area contributed by atoms with Crippen molar-refractivity contribution in [1.82, 2.24) is 14.7 Å². The van der Waals surface area contributed by atoms with Gasteiger partial charge in [0.25, 0.3) is 0 Å². The molecule has 1 aliphatic heterocycles. The predicted octanol–water partition coefficient (Wildman–Crippen LogP) is 3.83. The molecule has 1 aromatic heterocycles. The molecule has 5 nitrogen and oxygen atoms in total. The van der Waals surface area contributed by atoms with Crippen molar-refractivity contribution < 1.29 is 9.53 Å². The van der Waals surface area contributed by atoms with E-state index < -0.39 is 0 Å². The molecule has 1 saturated heterocycles. The number of methoxy groups -OCH3 is 1. The smallest absolute Gasteiger partial charge is 0.330 e. The van der Waals surface area contributed by atoms with Crippen LogP contribution >= 0.6 is 0 Å². The number of ether oxygens (including phenoxy) is 1.